The van der Waals surface area contributed by atoms with Gasteiger partial charge in [0, 0.05) is 39.3 Å². The molecular formula is C52H54N10O4. The average molecular weight is 883 g/mol. The number of hydrogen-bond donors (Lipinski definition) is 6. The Balaban J connectivity index is 0.000000196. The molecule has 0 saturated carbocycles. The second-order valence-electron chi connectivity index (χ2n) is 16.3. The first-order chi connectivity index (χ1) is 32.2. The first kappa shape index (κ1) is 46.5. The number of carbonyl (C=O) groups is 2. The molecule has 8 rings (SSSR count). The van der Waals surface area contributed by atoms with E-state index in [9.17, 15) is 9.59 Å². The Morgan fingerprint density at radius 3 is 1.24 bits per heavy atom. The smallest absolute Gasteiger partial charge is 0.247 e. The highest BCUT2D eigenvalue weighted by atomic mass is 16.5. The third kappa shape index (κ3) is 13.3. The van der Waals surface area contributed by atoms with E-state index in [1.807, 2.05) is 121 Å². The molecule has 4 heterocycles. The van der Waals surface area contributed by atoms with Crippen LogP contribution < -0.4 is 41.4 Å². The number of carbonyl (C=O) groups excluding carboxylic acids is 2. The van der Waals surface area contributed by atoms with Gasteiger partial charge in [-0.3, -0.25) is 9.59 Å². The van der Waals surface area contributed by atoms with Crippen LogP contribution in [0.4, 0.5) is 11.6 Å². The Morgan fingerprint density at radius 2 is 0.939 bits per heavy atom. The topological polar surface area (TPSA) is 198 Å². The zero-order valence-corrected chi connectivity index (χ0v) is 37.0. The highest BCUT2D eigenvalue weighted by molar-refractivity contribution is 5.95. The summed E-state index contributed by atoms with van der Waals surface area (Å²) in [5.41, 5.74) is 5.22. The number of nitriles is 2. The summed E-state index contributed by atoms with van der Waals surface area (Å²) < 4.78 is 11.6. The van der Waals surface area contributed by atoms with Gasteiger partial charge in [-0.05, 0) is 82.6 Å². The first-order valence-electron chi connectivity index (χ1n) is 22.1. The van der Waals surface area contributed by atoms with E-state index in [4.69, 9.17) is 20.0 Å². The Bertz CT molecular complexity index is 2360. The van der Waals surface area contributed by atoms with Crippen molar-refractivity contribution in [3.05, 3.63) is 179 Å². The van der Waals surface area contributed by atoms with Crippen molar-refractivity contribution < 1.29 is 19.1 Å². The van der Waals surface area contributed by atoms with Gasteiger partial charge in [0.1, 0.15) is 47.4 Å². The second kappa shape index (κ2) is 23.5. The lowest BCUT2D eigenvalue weighted by molar-refractivity contribution is -0.119. The Hall–Kier alpha value is -7.46. The molecule has 14 nitrogen and oxygen atoms in total. The molecule has 2 aliphatic rings. The number of ether oxygens (including phenoxy) is 2. The Morgan fingerprint density at radius 1 is 0.561 bits per heavy atom. The van der Waals surface area contributed by atoms with Gasteiger partial charge in [-0.15, -0.1) is 0 Å². The summed E-state index contributed by atoms with van der Waals surface area (Å²) in [6.45, 7) is 8.71. The maximum atomic E-state index is 13.2. The predicted molar refractivity (Wildman–Crippen MR) is 254 cm³/mol. The van der Waals surface area contributed by atoms with E-state index in [1.165, 1.54) is 0 Å². The summed E-state index contributed by atoms with van der Waals surface area (Å²) in [6.07, 6.45) is 3.62. The molecule has 2 amide bonds. The predicted octanol–water partition coefficient (Wildman–Crippen LogP) is 6.75. The molecule has 336 valence electrons. The number of amides is 2. The fourth-order valence-corrected chi connectivity index (χ4v) is 7.13. The monoisotopic (exact) mass is 882 g/mol. The van der Waals surface area contributed by atoms with Gasteiger partial charge in [0.05, 0.1) is 35.7 Å². The lowest BCUT2D eigenvalue weighted by Gasteiger charge is -2.27. The van der Waals surface area contributed by atoms with Gasteiger partial charge in [-0.25, -0.2) is 9.97 Å². The summed E-state index contributed by atoms with van der Waals surface area (Å²) in [5, 5.41) is 36.9. The minimum absolute atomic E-state index is 0.160. The molecule has 0 unspecified atom stereocenters. The molecule has 0 spiro atoms. The van der Waals surface area contributed by atoms with E-state index in [1.54, 1.807) is 24.5 Å². The maximum absolute atomic E-state index is 13.2. The fourth-order valence-electron chi connectivity index (χ4n) is 7.13. The van der Waals surface area contributed by atoms with Gasteiger partial charge in [0.25, 0.3) is 0 Å². The summed E-state index contributed by atoms with van der Waals surface area (Å²) in [5.74, 6) is 2.28. The first-order valence-corrected chi connectivity index (χ1v) is 22.1. The minimum atomic E-state index is -0.536. The van der Waals surface area contributed by atoms with Crippen LogP contribution >= 0.6 is 0 Å². The van der Waals surface area contributed by atoms with Crippen LogP contribution in [0, 0.1) is 22.7 Å². The quantitative estimate of drug-likeness (QED) is 0.0532. The Labute approximate surface area is 385 Å². The summed E-state index contributed by atoms with van der Waals surface area (Å²) in [7, 11) is 0. The van der Waals surface area contributed by atoms with Gasteiger partial charge in [0.15, 0.2) is 0 Å². The summed E-state index contributed by atoms with van der Waals surface area (Å²) in [4.78, 5) is 35.0. The van der Waals surface area contributed by atoms with Crippen LogP contribution in [0.3, 0.4) is 0 Å². The van der Waals surface area contributed by atoms with Crippen molar-refractivity contribution in [2.45, 2.75) is 50.0 Å². The maximum Gasteiger partial charge on any atom is 0.247 e. The lowest BCUT2D eigenvalue weighted by atomic mass is 9.98. The Kier molecular flexibility index (Phi) is 16.5. The zero-order valence-electron chi connectivity index (χ0n) is 37.0. The second-order valence-corrected chi connectivity index (χ2v) is 16.3. The molecule has 6 N–H and O–H groups in total. The van der Waals surface area contributed by atoms with Crippen molar-refractivity contribution in [2.24, 2.45) is 0 Å². The van der Waals surface area contributed by atoms with Crippen molar-refractivity contribution in [3.8, 4) is 23.6 Å². The molecule has 0 bridgehead atoms. The molecular weight excluding hydrogens is 829 g/mol. The normalized spacial score (nSPS) is 15.0. The third-order valence-electron chi connectivity index (χ3n) is 11.3. The number of aromatic nitrogens is 2. The van der Waals surface area contributed by atoms with Crippen LogP contribution in [0.15, 0.2) is 146 Å². The average Bonchev–Trinajstić information content (AvgIpc) is 3.33. The van der Waals surface area contributed by atoms with E-state index in [0.29, 0.717) is 47.4 Å². The van der Waals surface area contributed by atoms with Crippen LogP contribution in [0.25, 0.3) is 0 Å². The molecule has 0 aliphatic carbocycles. The van der Waals surface area contributed by atoms with E-state index in [2.05, 4.69) is 67.9 Å². The molecule has 2 aromatic heterocycles. The van der Waals surface area contributed by atoms with E-state index >= 15 is 0 Å². The lowest BCUT2D eigenvalue weighted by Crippen LogP contribution is -2.50. The molecule has 2 fully saturated rings. The zero-order chi connectivity index (χ0) is 46.1. The fraction of sp³-hybridized carbons (Fsp3) is 0.269. The molecule has 2 aliphatic heterocycles. The minimum Gasteiger partial charge on any atom is -0.486 e. The van der Waals surface area contributed by atoms with Gasteiger partial charge in [0.2, 0.25) is 11.8 Å². The third-order valence-corrected chi connectivity index (χ3v) is 11.3. The van der Waals surface area contributed by atoms with Gasteiger partial charge in [-0.2, -0.15) is 10.5 Å². The van der Waals surface area contributed by atoms with Crippen LogP contribution in [0.1, 0.15) is 71.1 Å². The molecule has 14 heteroatoms. The molecule has 4 atom stereocenters. The van der Waals surface area contributed by atoms with Gasteiger partial charge >= 0.3 is 0 Å². The van der Waals surface area contributed by atoms with Crippen LogP contribution in [0.5, 0.6) is 11.5 Å². The molecule has 2 saturated heterocycles. The standard InChI is InChI=1S/2C26H27N5O2/c2*1-18(20-9-7-19(13-27)8-10-20)14-30-25(21-5-3-2-4-6-21)26(32)31-24-12-11-22(17-29-24)33-23-15-28-16-23/h2*2-12,17-18,23,25,28,30H,14-16H2,1H3,(H,29,31,32)/t18-,25+;18-,25-/m11/s1. The molecule has 66 heavy (non-hydrogen) atoms. The molecule has 6 aromatic rings. The van der Waals surface area contributed by atoms with Crippen molar-refractivity contribution in [3.63, 3.8) is 0 Å². The number of pyridine rings is 2. The number of benzene rings is 4. The largest absolute Gasteiger partial charge is 0.486 e. The van der Waals surface area contributed by atoms with Crippen LogP contribution in [-0.4, -0.2) is 73.3 Å². The van der Waals surface area contributed by atoms with Gasteiger partial charge < -0.3 is 41.4 Å². The van der Waals surface area contributed by atoms with Crippen molar-refractivity contribution in [1.82, 2.24) is 31.2 Å². The number of anilines is 2. The molecule has 4 aromatic carbocycles. The number of nitrogens with one attached hydrogen (secondary N) is 6. The van der Waals surface area contributed by atoms with Crippen molar-refractivity contribution >= 4 is 23.5 Å². The van der Waals surface area contributed by atoms with Gasteiger partial charge in [-0.1, -0.05) is 98.8 Å². The van der Waals surface area contributed by atoms with E-state index < -0.39 is 12.1 Å². The number of hydrogen-bond acceptors (Lipinski definition) is 12. The summed E-state index contributed by atoms with van der Waals surface area (Å²) in [6, 6.07) is 44.7. The van der Waals surface area contributed by atoms with Crippen LogP contribution in [0.2, 0.25) is 0 Å². The highest BCUT2D eigenvalue weighted by Gasteiger charge is 2.24. The van der Waals surface area contributed by atoms with Crippen molar-refractivity contribution in [2.75, 3.05) is 49.9 Å². The highest BCUT2D eigenvalue weighted by Crippen LogP contribution is 2.23. The van der Waals surface area contributed by atoms with E-state index in [0.717, 1.165) is 48.4 Å². The number of rotatable bonds is 18. The summed E-state index contributed by atoms with van der Waals surface area (Å²) >= 11 is 0. The number of nitrogens with zero attached hydrogens (tertiary/aromatic N) is 4. The van der Waals surface area contributed by atoms with E-state index in [-0.39, 0.29) is 35.9 Å². The van der Waals surface area contributed by atoms with Crippen LogP contribution in [-0.2, 0) is 9.59 Å². The van der Waals surface area contributed by atoms with Crippen molar-refractivity contribution in [1.29, 1.82) is 10.5 Å². The molecule has 0 radical (unpaired) electrons. The SMILES string of the molecule is C[C@H](CN[C@@H](C(=O)Nc1ccc(OC2CNC2)cn1)c1ccccc1)c1ccc(C#N)cc1.C[C@H](CN[C@H](C(=O)Nc1ccc(OC2CNC2)cn1)c1ccccc1)c1ccc(C#N)cc1.